The molecule has 0 aromatic heterocycles. The first kappa shape index (κ1) is 24.2. The van der Waals surface area contributed by atoms with Crippen molar-refractivity contribution in [1.29, 1.82) is 0 Å². The van der Waals surface area contributed by atoms with Crippen molar-refractivity contribution in [1.82, 2.24) is 13.5 Å². The molecule has 2 fully saturated rings. The predicted molar refractivity (Wildman–Crippen MR) is 118 cm³/mol. The summed E-state index contributed by atoms with van der Waals surface area (Å²) in [7, 11) is -7.44. The number of sulfonamides is 2. The lowest BCUT2D eigenvalue weighted by atomic mass is 9.97. The van der Waals surface area contributed by atoms with Gasteiger partial charge in [0, 0.05) is 39.3 Å². The van der Waals surface area contributed by atoms with Gasteiger partial charge in [-0.3, -0.25) is 4.79 Å². The van der Waals surface area contributed by atoms with E-state index in [1.54, 1.807) is 13.8 Å². The van der Waals surface area contributed by atoms with Crippen LogP contribution < -0.4 is 0 Å². The first-order chi connectivity index (χ1) is 14.7. The van der Waals surface area contributed by atoms with Crippen LogP contribution in [0.5, 0.6) is 0 Å². The molecule has 2 saturated heterocycles. The number of carbonyl (C=O) groups excluding carboxylic acids is 1. The third kappa shape index (κ3) is 5.13. The van der Waals surface area contributed by atoms with E-state index in [-0.39, 0.29) is 28.2 Å². The van der Waals surface area contributed by atoms with E-state index < -0.39 is 20.0 Å². The van der Waals surface area contributed by atoms with E-state index in [0.717, 1.165) is 32.4 Å². The molecule has 2 heterocycles. The molecule has 1 amide bonds. The summed E-state index contributed by atoms with van der Waals surface area (Å²) in [6.07, 6.45) is 4.47. The molecule has 10 heteroatoms. The maximum absolute atomic E-state index is 13.2. The second kappa shape index (κ2) is 9.97. The Kier molecular flexibility index (Phi) is 7.77. The lowest BCUT2D eigenvalue weighted by molar-refractivity contribution is -0.137. The number of rotatable bonds is 7. The van der Waals surface area contributed by atoms with Gasteiger partial charge in [0.05, 0.1) is 15.7 Å². The van der Waals surface area contributed by atoms with Crippen LogP contribution in [0.2, 0.25) is 0 Å². The van der Waals surface area contributed by atoms with Gasteiger partial charge >= 0.3 is 0 Å². The highest BCUT2D eigenvalue weighted by Gasteiger charge is 2.35. The number of likely N-dealkylation sites (tertiary alicyclic amines) is 1. The molecule has 1 atom stereocenters. The maximum atomic E-state index is 13.2. The summed E-state index contributed by atoms with van der Waals surface area (Å²) < 4.78 is 54.4. The highest BCUT2D eigenvalue weighted by atomic mass is 32.2. The molecule has 174 valence electrons. The first-order valence-electron chi connectivity index (χ1n) is 11.1. The lowest BCUT2D eigenvalue weighted by Gasteiger charge is -2.35. The first-order valence-corrected chi connectivity index (χ1v) is 14.0. The van der Waals surface area contributed by atoms with Crippen LogP contribution in [-0.2, 0) is 24.8 Å². The van der Waals surface area contributed by atoms with Crippen molar-refractivity contribution < 1.29 is 21.6 Å². The minimum absolute atomic E-state index is 0.0528. The smallest absolute Gasteiger partial charge is 0.243 e. The molecule has 0 bridgehead atoms. The van der Waals surface area contributed by atoms with Crippen LogP contribution in [0.1, 0.15) is 46.0 Å². The second-order valence-corrected chi connectivity index (χ2v) is 12.0. The quantitative estimate of drug-likeness (QED) is 0.607. The molecule has 31 heavy (non-hydrogen) atoms. The van der Waals surface area contributed by atoms with E-state index in [1.165, 1.54) is 32.9 Å². The number of nitrogens with zero attached hydrogens (tertiary/aromatic N) is 3. The summed E-state index contributed by atoms with van der Waals surface area (Å²) in [6.45, 7) is 6.27. The van der Waals surface area contributed by atoms with E-state index in [4.69, 9.17) is 0 Å². The number of hydrogen-bond donors (Lipinski definition) is 0. The number of amides is 1. The van der Waals surface area contributed by atoms with Gasteiger partial charge in [-0.2, -0.15) is 8.61 Å². The Morgan fingerprint density at radius 3 is 2.06 bits per heavy atom. The van der Waals surface area contributed by atoms with Gasteiger partial charge in [-0.1, -0.05) is 13.8 Å². The highest BCUT2D eigenvalue weighted by Crippen LogP contribution is 2.27. The zero-order valence-electron chi connectivity index (χ0n) is 18.4. The molecule has 2 aliphatic heterocycles. The summed E-state index contributed by atoms with van der Waals surface area (Å²) in [4.78, 5) is 14.9. The SMILES string of the molecule is CCN(CC)S(=O)(=O)c1ccc(S(=O)(=O)N2CCCC(C(=O)N3CCCCC3)C2)cc1. The summed E-state index contributed by atoms with van der Waals surface area (Å²) in [5, 5.41) is 0. The van der Waals surface area contributed by atoms with Crippen molar-refractivity contribution in [3.05, 3.63) is 24.3 Å². The van der Waals surface area contributed by atoms with Gasteiger partial charge in [-0.15, -0.1) is 0 Å². The molecular formula is C21H33N3O5S2. The fraction of sp³-hybridized carbons (Fsp3) is 0.667. The third-order valence-electron chi connectivity index (χ3n) is 6.21. The van der Waals surface area contributed by atoms with E-state index in [2.05, 4.69) is 0 Å². The number of piperidine rings is 2. The normalized spacial score (nSPS) is 21.4. The second-order valence-electron chi connectivity index (χ2n) is 8.15. The fourth-order valence-electron chi connectivity index (χ4n) is 4.38. The molecule has 2 aliphatic rings. The van der Waals surface area contributed by atoms with Crippen LogP contribution in [0, 0.1) is 5.92 Å². The van der Waals surface area contributed by atoms with Crippen LogP contribution in [0.15, 0.2) is 34.1 Å². The molecule has 0 N–H and O–H groups in total. The molecule has 0 aliphatic carbocycles. The van der Waals surface area contributed by atoms with Crippen molar-refractivity contribution in [2.24, 2.45) is 5.92 Å². The Hall–Kier alpha value is -1.49. The minimum atomic E-state index is -3.80. The maximum Gasteiger partial charge on any atom is 0.243 e. The number of carbonyl (C=O) groups is 1. The Bertz CT molecular complexity index is 967. The zero-order valence-corrected chi connectivity index (χ0v) is 20.0. The van der Waals surface area contributed by atoms with Crippen molar-refractivity contribution >= 4 is 26.0 Å². The van der Waals surface area contributed by atoms with Crippen LogP contribution in [-0.4, -0.2) is 75.5 Å². The summed E-state index contributed by atoms with van der Waals surface area (Å²) in [5.41, 5.74) is 0. The molecule has 0 saturated carbocycles. The molecule has 0 spiro atoms. The average molecular weight is 472 g/mol. The van der Waals surface area contributed by atoms with Gasteiger partial charge in [0.15, 0.2) is 0 Å². The highest BCUT2D eigenvalue weighted by molar-refractivity contribution is 7.89. The van der Waals surface area contributed by atoms with Crippen molar-refractivity contribution in [3.8, 4) is 0 Å². The Morgan fingerprint density at radius 2 is 1.48 bits per heavy atom. The van der Waals surface area contributed by atoms with Crippen LogP contribution in [0.4, 0.5) is 0 Å². The van der Waals surface area contributed by atoms with Gasteiger partial charge in [0.1, 0.15) is 0 Å². The minimum Gasteiger partial charge on any atom is -0.342 e. The Balaban J connectivity index is 1.75. The Labute approximate surface area is 186 Å². The van der Waals surface area contributed by atoms with Gasteiger partial charge < -0.3 is 4.90 Å². The van der Waals surface area contributed by atoms with Crippen LogP contribution in [0.3, 0.4) is 0 Å². The number of benzene rings is 1. The van der Waals surface area contributed by atoms with E-state index in [0.29, 0.717) is 32.5 Å². The van der Waals surface area contributed by atoms with Gasteiger partial charge in [-0.05, 0) is 56.4 Å². The monoisotopic (exact) mass is 471 g/mol. The van der Waals surface area contributed by atoms with Gasteiger partial charge in [-0.25, -0.2) is 16.8 Å². The van der Waals surface area contributed by atoms with Crippen molar-refractivity contribution in [2.45, 2.75) is 55.7 Å². The van der Waals surface area contributed by atoms with E-state index in [9.17, 15) is 21.6 Å². The van der Waals surface area contributed by atoms with Gasteiger partial charge in [0.2, 0.25) is 26.0 Å². The zero-order chi connectivity index (χ0) is 22.6. The largest absolute Gasteiger partial charge is 0.342 e. The van der Waals surface area contributed by atoms with Crippen molar-refractivity contribution in [3.63, 3.8) is 0 Å². The van der Waals surface area contributed by atoms with E-state index in [1.807, 2.05) is 4.90 Å². The van der Waals surface area contributed by atoms with Crippen molar-refractivity contribution in [2.75, 3.05) is 39.3 Å². The summed E-state index contributed by atoms with van der Waals surface area (Å²) >= 11 is 0. The standard InChI is InChI=1S/C21H33N3O5S2/c1-3-23(4-2)30(26,27)19-10-12-20(13-11-19)31(28,29)24-16-8-9-18(17-24)21(25)22-14-6-5-7-15-22/h10-13,18H,3-9,14-17H2,1-2H3. The molecule has 1 aromatic carbocycles. The molecule has 0 radical (unpaired) electrons. The summed E-state index contributed by atoms with van der Waals surface area (Å²) in [6, 6.07) is 5.39. The van der Waals surface area contributed by atoms with Gasteiger partial charge in [0.25, 0.3) is 0 Å². The lowest BCUT2D eigenvalue weighted by Crippen LogP contribution is -2.47. The van der Waals surface area contributed by atoms with Crippen LogP contribution >= 0.6 is 0 Å². The predicted octanol–water partition coefficient (Wildman–Crippen LogP) is 2.13. The topological polar surface area (TPSA) is 95.1 Å². The fourth-order valence-corrected chi connectivity index (χ4v) is 7.36. The Morgan fingerprint density at radius 1 is 0.903 bits per heavy atom. The summed E-state index contributed by atoms with van der Waals surface area (Å²) in [5.74, 6) is -0.260. The third-order valence-corrected chi connectivity index (χ3v) is 10.1. The van der Waals surface area contributed by atoms with E-state index >= 15 is 0 Å². The molecular weight excluding hydrogens is 438 g/mol. The molecule has 3 rings (SSSR count). The van der Waals surface area contributed by atoms with Crippen LogP contribution in [0.25, 0.3) is 0 Å². The molecule has 1 unspecified atom stereocenters. The molecule has 8 nitrogen and oxygen atoms in total. The number of hydrogen-bond acceptors (Lipinski definition) is 5. The molecule has 1 aromatic rings. The average Bonchev–Trinajstić information content (AvgIpc) is 2.80.